The lowest BCUT2D eigenvalue weighted by Crippen LogP contribution is -2.16. The third kappa shape index (κ3) is 5.21. The quantitative estimate of drug-likeness (QED) is 0.296. The van der Waals surface area contributed by atoms with Crippen LogP contribution in [0.25, 0.3) is 6.08 Å². The average molecular weight is 424 g/mol. The number of H-pyrrole nitrogens is 1. The fraction of sp³-hybridized carbons (Fsp3) is 0.417. The second kappa shape index (κ2) is 9.61. The first kappa shape index (κ1) is 23.9. The van der Waals surface area contributed by atoms with Gasteiger partial charge in [0.2, 0.25) is 5.78 Å². The summed E-state index contributed by atoms with van der Waals surface area (Å²) in [6, 6.07) is 3.78. The zero-order valence-electron chi connectivity index (χ0n) is 19.2. The topological polar surface area (TPSA) is 105 Å². The summed E-state index contributed by atoms with van der Waals surface area (Å²) in [6.07, 6.45) is 1.49. The average Bonchev–Trinajstić information content (AvgIpc) is 3.13. The minimum atomic E-state index is -0.864. The van der Waals surface area contributed by atoms with Gasteiger partial charge in [0.15, 0.2) is 12.4 Å². The molecule has 0 saturated heterocycles. The van der Waals surface area contributed by atoms with Gasteiger partial charge in [0.25, 0.3) is 0 Å². The Morgan fingerprint density at radius 1 is 1.23 bits per heavy atom. The number of carbonyl (C=O) groups is 3. The molecule has 0 bridgehead atoms. The zero-order chi connectivity index (χ0) is 23.5. The van der Waals surface area contributed by atoms with Crippen LogP contribution in [0, 0.1) is 44.9 Å². The van der Waals surface area contributed by atoms with Crippen LogP contribution >= 0.6 is 0 Å². The molecule has 0 atom stereocenters. The third-order valence-corrected chi connectivity index (χ3v) is 5.20. The number of ether oxygens (including phenoxy) is 1. The molecule has 0 aliphatic heterocycles. The van der Waals surface area contributed by atoms with Crippen LogP contribution < -0.4 is 0 Å². The van der Waals surface area contributed by atoms with Gasteiger partial charge in [0.05, 0.1) is 5.69 Å². The summed E-state index contributed by atoms with van der Waals surface area (Å²) in [4.78, 5) is 39.6. The SMILES string of the molecule is CC(=O)c1c(C)[nH]c(C(=O)COC(=O)/C(C#N)=C/c2cc(C)n(CC(C)C)c2C)c1C. The second-order valence-corrected chi connectivity index (χ2v) is 8.18. The van der Waals surface area contributed by atoms with E-state index in [-0.39, 0.29) is 17.1 Å². The zero-order valence-corrected chi connectivity index (χ0v) is 19.2. The Hall–Kier alpha value is -3.40. The van der Waals surface area contributed by atoms with Gasteiger partial charge in [-0.3, -0.25) is 9.59 Å². The molecule has 31 heavy (non-hydrogen) atoms. The molecule has 0 amide bonds. The van der Waals surface area contributed by atoms with Crippen molar-refractivity contribution in [3.8, 4) is 6.07 Å². The molecule has 0 unspecified atom stereocenters. The number of aryl methyl sites for hydroxylation is 2. The highest BCUT2D eigenvalue weighted by atomic mass is 16.5. The van der Waals surface area contributed by atoms with E-state index in [2.05, 4.69) is 23.4 Å². The van der Waals surface area contributed by atoms with E-state index in [1.165, 1.54) is 13.0 Å². The predicted molar refractivity (Wildman–Crippen MR) is 118 cm³/mol. The van der Waals surface area contributed by atoms with Crippen molar-refractivity contribution in [2.75, 3.05) is 6.61 Å². The molecule has 0 spiro atoms. The first-order valence-electron chi connectivity index (χ1n) is 10.2. The van der Waals surface area contributed by atoms with E-state index in [9.17, 15) is 19.6 Å². The van der Waals surface area contributed by atoms with E-state index >= 15 is 0 Å². The molecule has 0 aromatic carbocycles. The molecule has 0 saturated carbocycles. The Morgan fingerprint density at radius 2 is 1.87 bits per heavy atom. The van der Waals surface area contributed by atoms with Crippen LogP contribution in [-0.4, -0.2) is 33.7 Å². The maximum absolute atomic E-state index is 12.5. The second-order valence-electron chi connectivity index (χ2n) is 8.18. The molecule has 7 nitrogen and oxygen atoms in total. The van der Waals surface area contributed by atoms with E-state index in [0.717, 1.165) is 23.5 Å². The summed E-state index contributed by atoms with van der Waals surface area (Å²) in [5, 5.41) is 9.44. The van der Waals surface area contributed by atoms with E-state index in [1.807, 2.05) is 26.0 Å². The third-order valence-electron chi connectivity index (χ3n) is 5.20. The van der Waals surface area contributed by atoms with Gasteiger partial charge in [0.1, 0.15) is 11.6 Å². The summed E-state index contributed by atoms with van der Waals surface area (Å²) in [5.41, 5.74) is 4.39. The highest BCUT2D eigenvalue weighted by Gasteiger charge is 2.22. The van der Waals surface area contributed by atoms with Crippen LogP contribution in [0.5, 0.6) is 0 Å². The summed E-state index contributed by atoms with van der Waals surface area (Å²) >= 11 is 0. The standard InChI is InChI=1S/C24H29N3O4/c1-13(2)11-27-14(3)8-19(17(27)6)9-20(10-25)24(30)31-12-21(29)23-15(4)22(18(7)28)16(5)26-23/h8-9,13,26H,11-12H2,1-7H3/b20-9+. The monoisotopic (exact) mass is 423 g/mol. The first-order valence-corrected chi connectivity index (χ1v) is 10.2. The lowest BCUT2D eigenvalue weighted by molar-refractivity contribution is -0.137. The first-order chi connectivity index (χ1) is 14.5. The van der Waals surface area contributed by atoms with Gasteiger partial charge in [0, 0.05) is 29.2 Å². The Morgan fingerprint density at radius 3 is 2.39 bits per heavy atom. The Bertz CT molecular complexity index is 1110. The molecular formula is C24H29N3O4. The Labute approximate surface area is 182 Å². The van der Waals surface area contributed by atoms with Gasteiger partial charge < -0.3 is 14.3 Å². The van der Waals surface area contributed by atoms with Crippen molar-refractivity contribution in [3.05, 3.63) is 51.1 Å². The number of aromatic nitrogens is 2. The van der Waals surface area contributed by atoms with Crippen molar-refractivity contribution in [3.63, 3.8) is 0 Å². The highest BCUT2D eigenvalue weighted by molar-refractivity contribution is 6.05. The van der Waals surface area contributed by atoms with Gasteiger partial charge in [-0.1, -0.05) is 13.8 Å². The maximum Gasteiger partial charge on any atom is 0.349 e. The number of ketones is 2. The maximum atomic E-state index is 12.5. The largest absolute Gasteiger partial charge is 0.453 e. The van der Waals surface area contributed by atoms with Crippen LogP contribution in [0.15, 0.2) is 11.6 Å². The number of rotatable bonds is 8. The Balaban J connectivity index is 2.18. The van der Waals surface area contributed by atoms with Crippen LogP contribution in [0.2, 0.25) is 0 Å². The van der Waals surface area contributed by atoms with Crippen LogP contribution in [0.4, 0.5) is 0 Å². The number of hydrogen-bond acceptors (Lipinski definition) is 5. The van der Waals surface area contributed by atoms with Crippen molar-refractivity contribution in [2.45, 2.75) is 55.0 Å². The predicted octanol–water partition coefficient (Wildman–Crippen LogP) is 4.24. The molecule has 0 aliphatic rings. The number of carbonyl (C=O) groups excluding carboxylic acids is 3. The molecule has 7 heteroatoms. The van der Waals surface area contributed by atoms with Crippen molar-refractivity contribution in [1.82, 2.24) is 9.55 Å². The van der Waals surface area contributed by atoms with E-state index in [0.29, 0.717) is 22.7 Å². The van der Waals surface area contributed by atoms with E-state index in [4.69, 9.17) is 4.74 Å². The smallest absolute Gasteiger partial charge is 0.349 e. The number of hydrogen-bond donors (Lipinski definition) is 1. The lowest BCUT2D eigenvalue weighted by Gasteiger charge is -2.12. The van der Waals surface area contributed by atoms with Crippen molar-refractivity contribution in [2.24, 2.45) is 5.92 Å². The molecule has 0 aliphatic carbocycles. The molecular weight excluding hydrogens is 394 g/mol. The number of Topliss-reactive ketones (excluding diaryl/α,β-unsaturated/α-hetero) is 2. The normalized spacial score (nSPS) is 11.5. The number of aromatic amines is 1. The molecule has 0 radical (unpaired) electrons. The number of nitrogens with one attached hydrogen (secondary N) is 1. The summed E-state index contributed by atoms with van der Waals surface area (Å²) < 4.78 is 7.24. The highest BCUT2D eigenvalue weighted by Crippen LogP contribution is 2.21. The summed E-state index contributed by atoms with van der Waals surface area (Å²) in [7, 11) is 0. The number of esters is 1. The molecule has 1 N–H and O–H groups in total. The lowest BCUT2D eigenvalue weighted by atomic mass is 10.1. The van der Waals surface area contributed by atoms with Crippen LogP contribution in [-0.2, 0) is 16.1 Å². The van der Waals surface area contributed by atoms with Gasteiger partial charge in [-0.25, -0.2) is 4.79 Å². The summed E-state index contributed by atoms with van der Waals surface area (Å²) in [6.45, 7) is 13.3. The van der Waals surface area contributed by atoms with Gasteiger partial charge >= 0.3 is 5.97 Å². The van der Waals surface area contributed by atoms with Gasteiger partial charge in [-0.15, -0.1) is 0 Å². The molecule has 2 heterocycles. The minimum Gasteiger partial charge on any atom is -0.453 e. The molecule has 2 aromatic rings. The number of nitrogens with zero attached hydrogens (tertiary/aromatic N) is 2. The molecule has 2 aromatic heterocycles. The Kier molecular flexibility index (Phi) is 7.40. The number of nitriles is 1. The van der Waals surface area contributed by atoms with Gasteiger partial charge in [-0.05, 0) is 63.8 Å². The molecule has 0 fully saturated rings. The van der Waals surface area contributed by atoms with Crippen molar-refractivity contribution < 1.29 is 19.1 Å². The van der Waals surface area contributed by atoms with Crippen LogP contribution in [0.1, 0.15) is 69.8 Å². The summed E-state index contributed by atoms with van der Waals surface area (Å²) in [5.74, 6) is -1.02. The van der Waals surface area contributed by atoms with Crippen LogP contribution in [0.3, 0.4) is 0 Å². The van der Waals surface area contributed by atoms with Gasteiger partial charge in [-0.2, -0.15) is 5.26 Å². The molecule has 164 valence electrons. The van der Waals surface area contributed by atoms with E-state index in [1.54, 1.807) is 13.8 Å². The fourth-order valence-electron chi connectivity index (χ4n) is 3.75. The van der Waals surface area contributed by atoms with Crippen molar-refractivity contribution in [1.29, 1.82) is 5.26 Å². The van der Waals surface area contributed by atoms with E-state index < -0.39 is 18.4 Å². The fourth-order valence-corrected chi connectivity index (χ4v) is 3.75. The minimum absolute atomic E-state index is 0.146. The van der Waals surface area contributed by atoms with Crippen molar-refractivity contribution >= 4 is 23.6 Å². The molecule has 2 rings (SSSR count).